The number of carbonyl (C=O) groups is 2. The molecular formula is C17H15N3O4S. The van der Waals surface area contributed by atoms with Crippen molar-refractivity contribution in [2.24, 2.45) is 0 Å². The van der Waals surface area contributed by atoms with Gasteiger partial charge in [0.1, 0.15) is 5.75 Å². The first-order chi connectivity index (χ1) is 12.0. The number of amides is 2. The fraction of sp³-hybridized carbons (Fsp3) is 0.118. The van der Waals surface area contributed by atoms with Crippen molar-refractivity contribution in [2.45, 2.75) is 6.54 Å². The quantitative estimate of drug-likeness (QED) is 0.650. The van der Waals surface area contributed by atoms with Gasteiger partial charge in [0, 0.05) is 6.54 Å². The van der Waals surface area contributed by atoms with Crippen LogP contribution in [0.3, 0.4) is 0 Å². The third-order valence-corrected chi connectivity index (χ3v) is 4.40. The zero-order valence-electron chi connectivity index (χ0n) is 13.3. The average molecular weight is 357 g/mol. The topological polar surface area (TPSA) is 101 Å². The number of hydrogen-bond donors (Lipinski definition) is 3. The maximum Gasteiger partial charge on any atom is 0.335 e. The van der Waals surface area contributed by atoms with E-state index in [4.69, 9.17) is 9.84 Å². The van der Waals surface area contributed by atoms with Crippen molar-refractivity contribution in [1.82, 2.24) is 10.3 Å². The summed E-state index contributed by atoms with van der Waals surface area (Å²) in [5.41, 5.74) is 1.79. The molecule has 2 aromatic carbocycles. The van der Waals surface area contributed by atoms with E-state index in [2.05, 4.69) is 15.6 Å². The molecule has 1 heterocycles. The van der Waals surface area contributed by atoms with Crippen LogP contribution in [0.5, 0.6) is 5.75 Å². The van der Waals surface area contributed by atoms with Crippen LogP contribution in [0.25, 0.3) is 10.2 Å². The molecule has 0 radical (unpaired) electrons. The maximum absolute atomic E-state index is 12.0. The van der Waals surface area contributed by atoms with Gasteiger partial charge in [-0.15, -0.1) is 0 Å². The van der Waals surface area contributed by atoms with Gasteiger partial charge in [-0.1, -0.05) is 23.5 Å². The van der Waals surface area contributed by atoms with Gasteiger partial charge in [0.15, 0.2) is 5.13 Å². The molecule has 0 unspecified atom stereocenters. The Kier molecular flexibility index (Phi) is 4.80. The second-order valence-electron chi connectivity index (χ2n) is 5.16. The van der Waals surface area contributed by atoms with Crippen molar-refractivity contribution in [3.8, 4) is 5.75 Å². The van der Waals surface area contributed by atoms with E-state index in [1.807, 2.05) is 18.2 Å². The molecule has 3 N–H and O–H groups in total. The highest BCUT2D eigenvalue weighted by atomic mass is 32.1. The van der Waals surface area contributed by atoms with E-state index in [-0.39, 0.29) is 18.1 Å². The summed E-state index contributed by atoms with van der Waals surface area (Å²) >= 11 is 1.35. The number of ether oxygens (including phenoxy) is 1. The lowest BCUT2D eigenvalue weighted by Crippen LogP contribution is -2.28. The summed E-state index contributed by atoms with van der Waals surface area (Å²) in [5, 5.41) is 14.7. The van der Waals surface area contributed by atoms with Crippen LogP contribution in [-0.4, -0.2) is 29.2 Å². The number of carboxylic acids is 1. The van der Waals surface area contributed by atoms with Crippen molar-refractivity contribution in [3.05, 3.63) is 53.6 Å². The van der Waals surface area contributed by atoms with Crippen LogP contribution in [0.1, 0.15) is 15.9 Å². The number of carboxylic acid groups (broad SMARTS) is 1. The molecule has 2 amide bonds. The van der Waals surface area contributed by atoms with Crippen molar-refractivity contribution >= 4 is 38.7 Å². The summed E-state index contributed by atoms with van der Waals surface area (Å²) in [5.74, 6) is -0.248. The Balaban J connectivity index is 1.59. The number of aromatic nitrogens is 1. The molecule has 0 bridgehead atoms. The molecule has 25 heavy (non-hydrogen) atoms. The Bertz CT molecular complexity index is 921. The monoisotopic (exact) mass is 357 g/mol. The summed E-state index contributed by atoms with van der Waals surface area (Å²) in [6.07, 6.45) is 0. The minimum atomic E-state index is -0.982. The summed E-state index contributed by atoms with van der Waals surface area (Å²) in [6, 6.07) is 11.4. The van der Waals surface area contributed by atoms with E-state index in [0.29, 0.717) is 5.13 Å². The van der Waals surface area contributed by atoms with E-state index >= 15 is 0 Å². The van der Waals surface area contributed by atoms with Crippen LogP contribution < -0.4 is 15.4 Å². The first kappa shape index (κ1) is 16.7. The van der Waals surface area contributed by atoms with E-state index < -0.39 is 5.97 Å². The highest BCUT2D eigenvalue weighted by molar-refractivity contribution is 7.22. The SMILES string of the molecule is COc1ccc2nc(NC(=O)NCc3ccc(C(=O)O)cc3)sc2c1. The average Bonchev–Trinajstić information content (AvgIpc) is 3.01. The zero-order chi connectivity index (χ0) is 17.8. The molecule has 3 aromatic rings. The van der Waals surface area contributed by atoms with Gasteiger partial charge >= 0.3 is 12.0 Å². The fourth-order valence-electron chi connectivity index (χ4n) is 2.17. The number of methoxy groups -OCH3 is 1. The molecule has 0 aliphatic heterocycles. The van der Waals surface area contributed by atoms with E-state index in [1.54, 1.807) is 19.2 Å². The standard InChI is InChI=1S/C17H15N3O4S/c1-24-12-6-7-13-14(8-12)25-17(19-13)20-16(23)18-9-10-2-4-11(5-3-10)15(21)22/h2-8H,9H2,1H3,(H,21,22)(H2,18,19,20,23). The first-order valence-corrected chi connectivity index (χ1v) is 8.18. The van der Waals surface area contributed by atoms with Crippen LogP contribution in [0.4, 0.5) is 9.93 Å². The summed E-state index contributed by atoms with van der Waals surface area (Å²) in [4.78, 5) is 27.1. The summed E-state index contributed by atoms with van der Waals surface area (Å²) in [6.45, 7) is 0.282. The van der Waals surface area contributed by atoms with Crippen LogP contribution in [0.2, 0.25) is 0 Å². The van der Waals surface area contributed by atoms with E-state index in [0.717, 1.165) is 21.5 Å². The largest absolute Gasteiger partial charge is 0.497 e. The van der Waals surface area contributed by atoms with Crippen LogP contribution in [-0.2, 0) is 6.54 Å². The van der Waals surface area contributed by atoms with Crippen LogP contribution in [0.15, 0.2) is 42.5 Å². The Labute approximate surface area is 147 Å². The predicted octanol–water partition coefficient (Wildman–Crippen LogP) is 3.32. The number of urea groups is 1. The Morgan fingerprint density at radius 3 is 2.64 bits per heavy atom. The molecule has 7 nitrogen and oxygen atoms in total. The van der Waals surface area contributed by atoms with Gasteiger partial charge in [0.05, 0.1) is 22.9 Å². The van der Waals surface area contributed by atoms with Gasteiger partial charge in [0.2, 0.25) is 0 Å². The van der Waals surface area contributed by atoms with Gasteiger partial charge in [-0.3, -0.25) is 5.32 Å². The number of rotatable bonds is 5. The smallest absolute Gasteiger partial charge is 0.335 e. The number of nitrogens with one attached hydrogen (secondary N) is 2. The second kappa shape index (κ2) is 7.18. The van der Waals surface area contributed by atoms with Crippen molar-refractivity contribution in [2.75, 3.05) is 12.4 Å². The normalized spacial score (nSPS) is 10.4. The van der Waals surface area contributed by atoms with Crippen molar-refractivity contribution in [1.29, 1.82) is 0 Å². The van der Waals surface area contributed by atoms with Crippen LogP contribution >= 0.6 is 11.3 Å². The van der Waals surface area contributed by atoms with Gasteiger partial charge in [-0.05, 0) is 35.9 Å². The minimum absolute atomic E-state index is 0.207. The summed E-state index contributed by atoms with van der Waals surface area (Å²) < 4.78 is 6.08. The number of aromatic carboxylic acids is 1. The molecule has 0 atom stereocenters. The number of carbonyl (C=O) groups excluding carboxylic acids is 1. The van der Waals surface area contributed by atoms with Gasteiger partial charge in [0.25, 0.3) is 0 Å². The lowest BCUT2D eigenvalue weighted by molar-refractivity contribution is 0.0697. The third kappa shape index (κ3) is 4.04. The molecule has 0 fully saturated rings. The van der Waals surface area contributed by atoms with Crippen LogP contribution in [0, 0.1) is 0 Å². The molecule has 0 aliphatic carbocycles. The van der Waals surface area contributed by atoms with Crippen molar-refractivity contribution < 1.29 is 19.4 Å². The molecule has 0 saturated carbocycles. The molecule has 8 heteroatoms. The number of fused-ring (bicyclic) bond motifs is 1. The molecule has 0 spiro atoms. The Morgan fingerprint density at radius 2 is 1.96 bits per heavy atom. The summed E-state index contributed by atoms with van der Waals surface area (Å²) in [7, 11) is 1.60. The van der Waals surface area contributed by atoms with E-state index in [1.165, 1.54) is 23.5 Å². The molecule has 1 aromatic heterocycles. The number of nitrogens with zero attached hydrogens (tertiary/aromatic N) is 1. The van der Waals surface area contributed by atoms with E-state index in [9.17, 15) is 9.59 Å². The van der Waals surface area contributed by atoms with Gasteiger partial charge in [-0.2, -0.15) is 0 Å². The molecule has 0 saturated heterocycles. The Hall–Kier alpha value is -3.13. The number of hydrogen-bond acceptors (Lipinski definition) is 5. The van der Waals surface area contributed by atoms with Crippen molar-refractivity contribution in [3.63, 3.8) is 0 Å². The lowest BCUT2D eigenvalue weighted by Gasteiger charge is -2.05. The van der Waals surface area contributed by atoms with Gasteiger partial charge in [-0.25, -0.2) is 14.6 Å². The number of thiazole rings is 1. The highest BCUT2D eigenvalue weighted by Gasteiger charge is 2.09. The minimum Gasteiger partial charge on any atom is -0.497 e. The molecule has 3 rings (SSSR count). The van der Waals surface area contributed by atoms with Gasteiger partial charge < -0.3 is 15.2 Å². The molecule has 0 aliphatic rings. The number of benzene rings is 2. The highest BCUT2D eigenvalue weighted by Crippen LogP contribution is 2.29. The second-order valence-corrected chi connectivity index (χ2v) is 6.19. The molecule has 128 valence electrons. The zero-order valence-corrected chi connectivity index (χ0v) is 14.1. The molecular weight excluding hydrogens is 342 g/mol. The maximum atomic E-state index is 12.0. The number of anilines is 1. The Morgan fingerprint density at radius 1 is 1.20 bits per heavy atom. The predicted molar refractivity (Wildman–Crippen MR) is 95.4 cm³/mol. The first-order valence-electron chi connectivity index (χ1n) is 7.37. The fourth-order valence-corrected chi connectivity index (χ4v) is 3.06. The third-order valence-electron chi connectivity index (χ3n) is 3.47. The lowest BCUT2D eigenvalue weighted by atomic mass is 10.1.